The van der Waals surface area contributed by atoms with E-state index in [-0.39, 0.29) is 17.9 Å². The summed E-state index contributed by atoms with van der Waals surface area (Å²) in [5, 5.41) is 5.98. The van der Waals surface area contributed by atoms with Crippen LogP contribution in [0.2, 0.25) is 0 Å². The number of hydrogen-bond donors (Lipinski definition) is 3. The minimum absolute atomic E-state index is 0.196. The van der Waals surface area contributed by atoms with Crippen molar-refractivity contribution in [3.05, 3.63) is 29.6 Å². The van der Waals surface area contributed by atoms with Crippen molar-refractivity contribution in [3.8, 4) is 0 Å². The number of nitrogens with zero attached hydrogens (tertiary/aromatic N) is 1. The van der Waals surface area contributed by atoms with E-state index >= 15 is 0 Å². The van der Waals surface area contributed by atoms with Crippen LogP contribution < -0.4 is 10.6 Å². The van der Waals surface area contributed by atoms with Crippen LogP contribution in [0, 0.1) is 5.82 Å². The zero-order valence-electron chi connectivity index (χ0n) is 14.7. The van der Waals surface area contributed by atoms with Crippen molar-refractivity contribution in [3.63, 3.8) is 0 Å². The minimum Gasteiger partial charge on any atom is -0.330 e. The van der Waals surface area contributed by atoms with Gasteiger partial charge in [0, 0.05) is 23.0 Å². The second-order valence-corrected chi connectivity index (χ2v) is 6.69. The second-order valence-electron chi connectivity index (χ2n) is 6.02. The highest BCUT2D eigenvalue weighted by Crippen LogP contribution is 2.20. The summed E-state index contributed by atoms with van der Waals surface area (Å²) in [5.41, 5.74) is 1.07. The summed E-state index contributed by atoms with van der Waals surface area (Å²) in [6.07, 6.45) is 4.61. The summed E-state index contributed by atoms with van der Waals surface area (Å²) in [6, 6.07) is 5.12. The lowest BCUT2D eigenvalue weighted by Gasteiger charge is -2.17. The molecule has 0 aliphatic heterocycles. The second kappa shape index (κ2) is 12.9. The molecule has 0 aliphatic carbocycles. The number of carbonyl (C=O) groups excluding carboxylic acids is 1. The van der Waals surface area contributed by atoms with E-state index in [4.69, 9.17) is 4.55 Å². The third-order valence-electron chi connectivity index (χ3n) is 4.16. The molecule has 0 aromatic heterocycles. The number of carbonyl (C=O) groups is 1. The highest BCUT2D eigenvalue weighted by atomic mass is 32.2. The number of rotatable bonds is 14. The maximum Gasteiger partial charge on any atom is 0.211 e. The van der Waals surface area contributed by atoms with Crippen LogP contribution in [0.15, 0.2) is 23.2 Å². The molecule has 1 amide bonds. The van der Waals surface area contributed by atoms with Crippen molar-refractivity contribution in [1.82, 2.24) is 5.32 Å². The number of hydrogen-bond acceptors (Lipinski definition) is 5. The van der Waals surface area contributed by atoms with Crippen molar-refractivity contribution in [1.29, 1.82) is 0 Å². The Hall–Kier alpha value is -1.44. The van der Waals surface area contributed by atoms with Crippen LogP contribution in [0.5, 0.6) is 0 Å². The Morgan fingerprint density at radius 1 is 1.40 bits per heavy atom. The van der Waals surface area contributed by atoms with E-state index < -0.39 is 0 Å². The molecule has 0 aliphatic rings. The van der Waals surface area contributed by atoms with Gasteiger partial charge in [0.2, 0.25) is 6.41 Å². The van der Waals surface area contributed by atoms with Gasteiger partial charge in [-0.15, -0.1) is 0 Å². The fraction of sp³-hybridized carbons (Fsp3) is 0.556. The molecule has 1 aromatic rings. The Labute approximate surface area is 153 Å². The van der Waals surface area contributed by atoms with Crippen LogP contribution in [-0.4, -0.2) is 42.1 Å². The molecule has 0 saturated heterocycles. The van der Waals surface area contributed by atoms with Gasteiger partial charge < -0.3 is 15.2 Å². The van der Waals surface area contributed by atoms with Gasteiger partial charge in [-0.1, -0.05) is 6.07 Å². The van der Waals surface area contributed by atoms with Gasteiger partial charge in [-0.2, -0.15) is 0 Å². The van der Waals surface area contributed by atoms with Gasteiger partial charge >= 0.3 is 0 Å². The molecule has 140 valence electrons. The van der Waals surface area contributed by atoms with Gasteiger partial charge in [0.05, 0.1) is 6.04 Å². The molecule has 0 fully saturated rings. The number of benzene rings is 1. The lowest BCUT2D eigenvalue weighted by molar-refractivity contribution is -0.105. The normalized spacial score (nSPS) is 13.2. The van der Waals surface area contributed by atoms with Crippen LogP contribution in [-0.2, 0) is 11.2 Å². The summed E-state index contributed by atoms with van der Waals surface area (Å²) in [7, 11) is 0. The number of aliphatic imine (C=N–C) groups is 1. The minimum atomic E-state index is -0.295. The Kier molecular flexibility index (Phi) is 11.1. The van der Waals surface area contributed by atoms with Crippen molar-refractivity contribution in [2.24, 2.45) is 4.99 Å². The fourth-order valence-corrected chi connectivity index (χ4v) is 2.98. The van der Waals surface area contributed by atoms with E-state index in [1.54, 1.807) is 12.1 Å². The molecule has 5 nitrogen and oxygen atoms in total. The third-order valence-corrected chi connectivity index (χ3v) is 4.63. The van der Waals surface area contributed by atoms with Crippen LogP contribution in [0.4, 0.5) is 10.1 Å². The van der Waals surface area contributed by atoms with E-state index in [0.29, 0.717) is 24.1 Å². The topological polar surface area (TPSA) is 73.7 Å². The molecule has 7 heteroatoms. The van der Waals surface area contributed by atoms with E-state index in [2.05, 4.69) is 29.3 Å². The molecule has 0 heterocycles. The Morgan fingerprint density at radius 3 is 2.88 bits per heavy atom. The highest BCUT2D eigenvalue weighted by Gasteiger charge is 2.11. The maximum atomic E-state index is 14.0. The van der Waals surface area contributed by atoms with Crippen LogP contribution in [0.1, 0.15) is 38.2 Å². The molecular formula is C18H28FN3O2S. The SMILES string of the molecule is C=NC(CCCSO)CCNC(C)CCc1c(F)cccc1NC=O. The maximum absolute atomic E-state index is 14.0. The smallest absolute Gasteiger partial charge is 0.211 e. The fourth-order valence-electron chi connectivity index (χ4n) is 2.68. The summed E-state index contributed by atoms with van der Waals surface area (Å²) < 4.78 is 22.7. The lowest BCUT2D eigenvalue weighted by Crippen LogP contribution is -2.29. The Morgan fingerprint density at radius 2 is 2.20 bits per heavy atom. The van der Waals surface area contributed by atoms with Crippen molar-refractivity contribution >= 4 is 30.9 Å². The summed E-state index contributed by atoms with van der Waals surface area (Å²) in [5.74, 6) is 0.423. The van der Waals surface area contributed by atoms with Gasteiger partial charge in [0.25, 0.3) is 0 Å². The largest absolute Gasteiger partial charge is 0.330 e. The van der Waals surface area contributed by atoms with Crippen molar-refractivity contribution in [2.75, 3.05) is 17.6 Å². The Balaban J connectivity index is 2.36. The van der Waals surface area contributed by atoms with Crippen LogP contribution >= 0.6 is 12.0 Å². The first kappa shape index (κ1) is 21.6. The summed E-state index contributed by atoms with van der Waals surface area (Å²) in [6.45, 7) is 6.50. The molecule has 1 aromatic carbocycles. The van der Waals surface area contributed by atoms with E-state index in [1.165, 1.54) is 6.07 Å². The average Bonchev–Trinajstić information content (AvgIpc) is 2.60. The van der Waals surface area contributed by atoms with Gasteiger partial charge in [-0.05, 0) is 76.5 Å². The molecule has 3 N–H and O–H groups in total. The third kappa shape index (κ3) is 8.47. The quantitative estimate of drug-likeness (QED) is 0.202. The zero-order chi connectivity index (χ0) is 18.5. The standard InChI is InChI=1S/C18H28FN3O2S/c1-14(21-11-10-15(20-2)5-4-12-25-24)8-9-16-17(19)6-3-7-18(16)22-13-23/h3,6-7,13-15,21,24H,2,4-5,8-12H2,1H3,(H,22,23). The molecule has 2 atom stereocenters. The zero-order valence-corrected chi connectivity index (χ0v) is 15.5. The monoisotopic (exact) mass is 369 g/mol. The first-order chi connectivity index (χ1) is 12.1. The summed E-state index contributed by atoms with van der Waals surface area (Å²) >= 11 is 0.858. The molecule has 0 saturated carbocycles. The van der Waals surface area contributed by atoms with Gasteiger partial charge in [0.15, 0.2) is 0 Å². The number of halogens is 1. The van der Waals surface area contributed by atoms with E-state index in [9.17, 15) is 9.18 Å². The number of nitrogens with one attached hydrogen (secondary N) is 2. The molecule has 1 rings (SSSR count). The first-order valence-corrected chi connectivity index (χ1v) is 9.49. The molecular weight excluding hydrogens is 341 g/mol. The first-order valence-electron chi connectivity index (χ1n) is 8.55. The van der Waals surface area contributed by atoms with Crippen molar-refractivity contribution < 1.29 is 13.7 Å². The van der Waals surface area contributed by atoms with E-state index in [1.807, 2.05) is 0 Å². The van der Waals surface area contributed by atoms with Gasteiger partial charge in [-0.25, -0.2) is 4.39 Å². The highest BCUT2D eigenvalue weighted by molar-refractivity contribution is 7.93. The summed E-state index contributed by atoms with van der Waals surface area (Å²) in [4.78, 5) is 14.8. The number of anilines is 1. The van der Waals surface area contributed by atoms with Crippen LogP contribution in [0.3, 0.4) is 0 Å². The van der Waals surface area contributed by atoms with Gasteiger partial charge in [-0.3, -0.25) is 9.79 Å². The van der Waals surface area contributed by atoms with Crippen LogP contribution in [0.25, 0.3) is 0 Å². The molecule has 0 radical (unpaired) electrons. The number of amides is 1. The predicted molar refractivity (Wildman–Crippen MR) is 104 cm³/mol. The molecule has 0 spiro atoms. The Bertz CT molecular complexity index is 531. The molecule has 2 unspecified atom stereocenters. The predicted octanol–water partition coefficient (Wildman–Crippen LogP) is 3.75. The van der Waals surface area contributed by atoms with Gasteiger partial charge in [0.1, 0.15) is 5.82 Å². The molecule has 25 heavy (non-hydrogen) atoms. The van der Waals surface area contributed by atoms with Crippen molar-refractivity contribution in [2.45, 2.75) is 51.1 Å². The van der Waals surface area contributed by atoms with E-state index in [0.717, 1.165) is 50.0 Å². The molecule has 0 bridgehead atoms. The average molecular weight is 370 g/mol. The lowest BCUT2D eigenvalue weighted by atomic mass is 10.0.